The van der Waals surface area contributed by atoms with Crippen LogP contribution in [0.5, 0.6) is 0 Å². The summed E-state index contributed by atoms with van der Waals surface area (Å²) in [5.74, 6) is 0.0301. The highest BCUT2D eigenvalue weighted by Crippen LogP contribution is 2.33. The Labute approximate surface area is 196 Å². The lowest BCUT2D eigenvalue weighted by molar-refractivity contribution is -0.119. The molecule has 166 valence electrons. The van der Waals surface area contributed by atoms with Gasteiger partial charge in [-0.1, -0.05) is 74.5 Å². The quantitative estimate of drug-likeness (QED) is 0.322. The molecule has 4 nitrogen and oxygen atoms in total. The molecule has 0 saturated heterocycles. The maximum atomic E-state index is 12.3. The van der Waals surface area contributed by atoms with E-state index in [0.29, 0.717) is 0 Å². The number of hydrogen-bond acceptors (Lipinski definition) is 3. The first-order chi connectivity index (χ1) is 15.2. The number of carbonyl (C=O) groups is 1. The molecule has 0 fully saturated rings. The van der Waals surface area contributed by atoms with E-state index in [0.717, 1.165) is 53.8 Å². The highest BCUT2D eigenvalue weighted by Gasteiger charge is 2.15. The summed E-state index contributed by atoms with van der Waals surface area (Å²) >= 11 is 0. The number of rotatable bonds is 8. The van der Waals surface area contributed by atoms with E-state index >= 15 is 0 Å². The Morgan fingerprint density at radius 1 is 1.00 bits per heavy atom. The van der Waals surface area contributed by atoms with Gasteiger partial charge in [-0.3, -0.25) is 4.79 Å². The predicted molar refractivity (Wildman–Crippen MR) is 136 cm³/mol. The number of hydrogen-bond donors (Lipinski definition) is 2. The number of fused-ring (bicyclic) bond motifs is 3. The molecule has 32 heavy (non-hydrogen) atoms. The van der Waals surface area contributed by atoms with E-state index in [9.17, 15) is 4.79 Å². The van der Waals surface area contributed by atoms with Crippen molar-refractivity contribution in [3.8, 4) is 11.3 Å². The summed E-state index contributed by atoms with van der Waals surface area (Å²) < 4.78 is 0. The molecule has 1 unspecified atom stereocenters. The molecule has 0 spiro atoms. The van der Waals surface area contributed by atoms with Crippen LogP contribution in [0, 0.1) is 5.92 Å². The number of halogens is 1. The number of benzene rings is 2. The first kappa shape index (κ1) is 23.7. The van der Waals surface area contributed by atoms with Gasteiger partial charge in [-0.05, 0) is 42.6 Å². The third kappa shape index (κ3) is 5.45. The molecule has 1 aliphatic carbocycles. The summed E-state index contributed by atoms with van der Waals surface area (Å²) in [6.07, 6.45) is 1.82. The normalized spacial score (nSPS) is 11.8. The smallest absolute Gasteiger partial charge is 0.227 e. The Bertz CT molecular complexity index is 1150. The van der Waals surface area contributed by atoms with Crippen LogP contribution in [0.2, 0.25) is 0 Å². The Morgan fingerprint density at radius 2 is 1.78 bits per heavy atom. The Hall–Kier alpha value is -2.95. The molecule has 0 saturated carbocycles. The van der Waals surface area contributed by atoms with E-state index in [-0.39, 0.29) is 24.2 Å². The van der Waals surface area contributed by atoms with Gasteiger partial charge in [-0.15, -0.1) is 12.4 Å². The molecule has 1 heterocycles. The number of nitrogens with zero attached hydrogens (tertiary/aromatic N) is 1. The van der Waals surface area contributed by atoms with E-state index < -0.39 is 0 Å². The van der Waals surface area contributed by atoms with Crippen LogP contribution in [0.25, 0.3) is 22.2 Å². The van der Waals surface area contributed by atoms with Gasteiger partial charge in [-0.25, -0.2) is 4.98 Å². The summed E-state index contributed by atoms with van der Waals surface area (Å²) in [7, 11) is 0. The van der Waals surface area contributed by atoms with E-state index in [2.05, 4.69) is 59.2 Å². The molecule has 0 aromatic heterocycles. The highest BCUT2D eigenvalue weighted by atomic mass is 35.5. The molecule has 2 aromatic carbocycles. The van der Waals surface area contributed by atoms with Gasteiger partial charge in [0, 0.05) is 29.1 Å². The average Bonchev–Trinajstić information content (AvgIpc) is 3.02. The predicted octanol–water partition coefficient (Wildman–Crippen LogP) is 6.08. The molecule has 0 radical (unpaired) electrons. The zero-order valence-electron chi connectivity index (χ0n) is 18.6. The van der Waals surface area contributed by atoms with Crippen molar-refractivity contribution in [2.45, 2.75) is 33.2 Å². The fourth-order valence-corrected chi connectivity index (χ4v) is 3.76. The zero-order chi connectivity index (χ0) is 21.6. The van der Waals surface area contributed by atoms with E-state index in [1.807, 2.05) is 38.1 Å². The van der Waals surface area contributed by atoms with Crippen LogP contribution >= 0.6 is 12.4 Å². The Kier molecular flexibility index (Phi) is 8.20. The number of anilines is 1. The molecule has 2 N–H and O–H groups in total. The number of aromatic nitrogens is 1. The van der Waals surface area contributed by atoms with Crippen LogP contribution in [0.1, 0.15) is 31.4 Å². The molecule has 1 aliphatic heterocycles. The van der Waals surface area contributed by atoms with Gasteiger partial charge in [0.15, 0.2) is 0 Å². The summed E-state index contributed by atoms with van der Waals surface area (Å²) in [6, 6.07) is 24.8. The lowest BCUT2D eigenvalue weighted by atomic mass is 10.1. The summed E-state index contributed by atoms with van der Waals surface area (Å²) in [4.78, 5) is 17.3. The standard InChI is InChI=1S/C27H29N3O.ClH/c1-3-19(2)27(31)29-22-12-8-13-23-24-14-7-11-21(26(24)30-25(23)17-22)18-28-16-15-20-9-5-4-6-10-20;/h4-14,17,19,28H,3,15-16,18H2,1-2H3,(H,29,31);1H. The number of amides is 1. The molecule has 1 amide bonds. The van der Waals surface area contributed by atoms with E-state index in [1.165, 1.54) is 11.1 Å². The van der Waals surface area contributed by atoms with Crippen molar-refractivity contribution >= 4 is 34.9 Å². The van der Waals surface area contributed by atoms with E-state index in [1.54, 1.807) is 0 Å². The molecule has 2 aromatic rings. The average molecular weight is 448 g/mol. The Morgan fingerprint density at radius 3 is 2.56 bits per heavy atom. The zero-order valence-corrected chi connectivity index (χ0v) is 19.4. The molecule has 4 rings (SSSR count). The maximum Gasteiger partial charge on any atom is 0.227 e. The van der Waals surface area contributed by atoms with Crippen molar-refractivity contribution in [1.29, 1.82) is 0 Å². The van der Waals surface area contributed by atoms with Gasteiger partial charge in [0.2, 0.25) is 5.91 Å². The van der Waals surface area contributed by atoms with Gasteiger partial charge in [0.05, 0.1) is 11.2 Å². The first-order valence-corrected chi connectivity index (χ1v) is 11.0. The second-order valence-corrected chi connectivity index (χ2v) is 8.06. The second kappa shape index (κ2) is 11.1. The van der Waals surface area contributed by atoms with Crippen LogP contribution in [0.4, 0.5) is 5.69 Å². The SMILES string of the molecule is CCC(C)C(=O)Nc1cccc2c3cccc(CNCCc4ccccc4)c3nc-2c1.Cl. The number of nitrogens with one attached hydrogen (secondary N) is 2. The fraction of sp³-hybridized carbons (Fsp3) is 0.259. The third-order valence-electron chi connectivity index (χ3n) is 5.83. The topological polar surface area (TPSA) is 54.0 Å². The van der Waals surface area contributed by atoms with Crippen molar-refractivity contribution in [3.63, 3.8) is 0 Å². The highest BCUT2D eigenvalue weighted by molar-refractivity contribution is 6.00. The largest absolute Gasteiger partial charge is 0.326 e. The van der Waals surface area contributed by atoms with Crippen molar-refractivity contribution in [3.05, 3.63) is 83.9 Å². The van der Waals surface area contributed by atoms with Gasteiger partial charge < -0.3 is 10.6 Å². The minimum atomic E-state index is -0.0127. The molecule has 1 atom stereocenters. The Balaban J connectivity index is 0.00000289. The van der Waals surface area contributed by atoms with Crippen molar-refractivity contribution < 1.29 is 4.79 Å². The van der Waals surface area contributed by atoms with Crippen molar-refractivity contribution in [1.82, 2.24) is 10.3 Å². The molecule has 0 bridgehead atoms. The van der Waals surface area contributed by atoms with Crippen LogP contribution in [0.3, 0.4) is 0 Å². The van der Waals surface area contributed by atoms with Gasteiger partial charge in [0.25, 0.3) is 0 Å². The first-order valence-electron chi connectivity index (χ1n) is 11.0. The monoisotopic (exact) mass is 447 g/mol. The molecular formula is C27H30ClN3O. The van der Waals surface area contributed by atoms with Gasteiger partial charge in [0.1, 0.15) is 0 Å². The number of carbonyl (C=O) groups excluding carboxylic acids is 1. The summed E-state index contributed by atoms with van der Waals surface area (Å²) in [5.41, 5.74) is 6.33. The second-order valence-electron chi connectivity index (χ2n) is 8.06. The van der Waals surface area contributed by atoms with Crippen molar-refractivity contribution in [2.75, 3.05) is 11.9 Å². The maximum absolute atomic E-state index is 12.3. The lowest BCUT2D eigenvalue weighted by Gasteiger charge is -2.08. The fourth-order valence-electron chi connectivity index (χ4n) is 3.76. The lowest BCUT2D eigenvalue weighted by Crippen LogP contribution is -2.19. The van der Waals surface area contributed by atoms with Gasteiger partial charge >= 0.3 is 0 Å². The molecule has 2 aliphatic rings. The van der Waals surface area contributed by atoms with Crippen LogP contribution in [-0.4, -0.2) is 17.4 Å². The van der Waals surface area contributed by atoms with Crippen LogP contribution < -0.4 is 10.6 Å². The van der Waals surface area contributed by atoms with E-state index in [4.69, 9.17) is 4.98 Å². The van der Waals surface area contributed by atoms with Gasteiger partial charge in [-0.2, -0.15) is 0 Å². The minimum absolute atomic E-state index is 0. The van der Waals surface area contributed by atoms with Crippen molar-refractivity contribution in [2.24, 2.45) is 5.92 Å². The minimum Gasteiger partial charge on any atom is -0.326 e. The molecule has 5 heteroatoms. The summed E-state index contributed by atoms with van der Waals surface area (Å²) in [5, 5.41) is 7.73. The van der Waals surface area contributed by atoms with Crippen LogP contribution in [0.15, 0.2) is 72.8 Å². The third-order valence-corrected chi connectivity index (χ3v) is 5.83. The van der Waals surface area contributed by atoms with Crippen LogP contribution in [-0.2, 0) is 17.8 Å². The molecular weight excluding hydrogens is 418 g/mol. The number of para-hydroxylation sites is 1. The summed E-state index contributed by atoms with van der Waals surface area (Å²) in [6.45, 7) is 5.66.